The molecule has 12 nitrogen and oxygen atoms in total. The van der Waals surface area contributed by atoms with E-state index in [-0.39, 0.29) is 42.5 Å². The van der Waals surface area contributed by atoms with Gasteiger partial charge in [-0.3, -0.25) is 9.69 Å². The van der Waals surface area contributed by atoms with Gasteiger partial charge in [0.15, 0.2) is 6.10 Å². The zero-order valence-corrected chi connectivity index (χ0v) is 37.9. The van der Waals surface area contributed by atoms with Crippen LogP contribution in [0.15, 0.2) is 99.9 Å². The van der Waals surface area contributed by atoms with E-state index < -0.39 is 12.2 Å². The number of nitrogens with one attached hydrogen (secondary N) is 1. The molecule has 4 heterocycles. The van der Waals surface area contributed by atoms with Crippen LogP contribution in [0.5, 0.6) is 0 Å². The Bertz CT molecular complexity index is 2240. The van der Waals surface area contributed by atoms with Gasteiger partial charge in [0.2, 0.25) is 0 Å². The molecule has 3 fully saturated rings. The Kier molecular flexibility index (Phi) is 12.9. The molecule has 4 aromatic carbocycles. The Morgan fingerprint density at radius 1 is 0.661 bits per heavy atom. The number of likely N-dealkylation sites (tertiary alicyclic amines) is 2. The molecule has 5 aliphatic rings. The lowest BCUT2D eigenvalue weighted by molar-refractivity contribution is -0.142. The first-order valence-electron chi connectivity index (χ1n) is 21.9. The van der Waals surface area contributed by atoms with Gasteiger partial charge in [0, 0.05) is 98.0 Å². The third-order valence-corrected chi connectivity index (χ3v) is 14.3. The Morgan fingerprint density at radius 3 is 1.92 bits per heavy atom. The number of urea groups is 1. The van der Waals surface area contributed by atoms with E-state index in [0.717, 1.165) is 58.1 Å². The number of ether oxygens (including phenoxy) is 2. The van der Waals surface area contributed by atoms with Crippen molar-refractivity contribution in [2.24, 2.45) is 0 Å². The van der Waals surface area contributed by atoms with Crippen LogP contribution in [-0.2, 0) is 27.1 Å². The Balaban J connectivity index is 0.765. The molecule has 1 N–H and O–H groups in total. The molecule has 62 heavy (non-hydrogen) atoms. The van der Waals surface area contributed by atoms with Crippen LogP contribution < -0.4 is 5.32 Å². The smallest absolute Gasteiger partial charge is 0.410 e. The van der Waals surface area contributed by atoms with Gasteiger partial charge in [0.05, 0.1) is 0 Å². The minimum absolute atomic E-state index is 0.00186. The summed E-state index contributed by atoms with van der Waals surface area (Å²) < 4.78 is 13.8. The van der Waals surface area contributed by atoms with Gasteiger partial charge in [-0.2, -0.15) is 0 Å². The number of benzene rings is 4. The molecule has 324 valence electrons. The molecular formula is C48H52Br2N6O6. The van der Waals surface area contributed by atoms with E-state index in [1.54, 1.807) is 4.90 Å². The van der Waals surface area contributed by atoms with Crippen LogP contribution in [0.2, 0.25) is 0 Å². The van der Waals surface area contributed by atoms with E-state index in [1.807, 2.05) is 69.3 Å². The highest BCUT2D eigenvalue weighted by Crippen LogP contribution is 2.44. The van der Waals surface area contributed by atoms with Crippen LogP contribution in [0.25, 0.3) is 11.1 Å². The number of carbonyl (C=O) groups is 4. The van der Waals surface area contributed by atoms with Gasteiger partial charge in [-0.25, -0.2) is 14.4 Å². The van der Waals surface area contributed by atoms with Crippen molar-refractivity contribution in [1.82, 2.24) is 24.5 Å². The minimum Gasteiger partial charge on any atom is -0.448 e. The van der Waals surface area contributed by atoms with E-state index >= 15 is 0 Å². The summed E-state index contributed by atoms with van der Waals surface area (Å²) in [5, 5.41) is 3.06. The summed E-state index contributed by atoms with van der Waals surface area (Å²) in [6, 6.07) is 30.6. The largest absolute Gasteiger partial charge is 0.448 e. The standard InChI is InChI=1S/C48H52Br2N6O6/c49-34-27-32(28-35(50)30-34)29-44(62-48(60)54-20-16-37(17-21-54)56-22-13-33-7-1-6-12-43(33)51-46(56)58)45(57)53-18-14-36(15-19-53)52-23-25-55(26-24-52)47(59)61-31-42-40-10-4-2-8-38(40)39-9-3-5-11-41(39)42/h1-12,27-28,30,36-37,42,44H,13-26,29,31H2,(H,51,58)/t44-/m1/s1. The van der Waals surface area contributed by atoms with Crippen LogP contribution in [0.1, 0.15) is 53.9 Å². The molecule has 0 spiro atoms. The number of nitrogens with zero attached hydrogens (tertiary/aromatic N) is 5. The number of fused-ring (bicyclic) bond motifs is 4. The number of rotatable bonds is 8. The van der Waals surface area contributed by atoms with Crippen molar-refractivity contribution >= 4 is 61.7 Å². The normalized spacial score (nSPS) is 19.2. The van der Waals surface area contributed by atoms with Gasteiger partial charge < -0.3 is 34.4 Å². The summed E-state index contributed by atoms with van der Waals surface area (Å²) in [5.74, 6) is -0.166. The highest BCUT2D eigenvalue weighted by atomic mass is 79.9. The van der Waals surface area contributed by atoms with Crippen LogP contribution in [0.3, 0.4) is 0 Å². The number of anilines is 1. The molecule has 4 aliphatic heterocycles. The predicted octanol–water partition coefficient (Wildman–Crippen LogP) is 8.37. The number of piperidine rings is 2. The highest BCUT2D eigenvalue weighted by Gasteiger charge is 2.37. The monoisotopic (exact) mass is 966 g/mol. The minimum atomic E-state index is -0.992. The molecule has 0 bridgehead atoms. The number of carbonyl (C=O) groups excluding carboxylic acids is 4. The molecule has 4 aromatic rings. The van der Waals surface area contributed by atoms with Crippen molar-refractivity contribution in [2.75, 3.05) is 70.8 Å². The molecule has 0 saturated carbocycles. The van der Waals surface area contributed by atoms with Gasteiger partial charge in [-0.15, -0.1) is 0 Å². The molecule has 0 radical (unpaired) electrons. The highest BCUT2D eigenvalue weighted by molar-refractivity contribution is 9.11. The van der Waals surface area contributed by atoms with E-state index in [1.165, 1.54) is 22.3 Å². The number of halogens is 2. The first-order chi connectivity index (χ1) is 30.2. The number of hydrogen-bond acceptors (Lipinski definition) is 7. The predicted molar refractivity (Wildman–Crippen MR) is 244 cm³/mol. The molecule has 0 unspecified atom stereocenters. The van der Waals surface area contributed by atoms with Crippen molar-refractivity contribution in [3.63, 3.8) is 0 Å². The topological polar surface area (TPSA) is 115 Å². The van der Waals surface area contributed by atoms with Crippen molar-refractivity contribution in [3.8, 4) is 11.1 Å². The second kappa shape index (κ2) is 18.8. The number of para-hydroxylation sites is 1. The molecule has 3 saturated heterocycles. The third-order valence-electron chi connectivity index (χ3n) is 13.4. The summed E-state index contributed by atoms with van der Waals surface area (Å²) in [6.07, 6.45) is 2.08. The lowest BCUT2D eigenvalue weighted by Gasteiger charge is -2.43. The third kappa shape index (κ3) is 9.23. The molecule has 0 aromatic heterocycles. The Morgan fingerprint density at radius 2 is 1.24 bits per heavy atom. The Hall–Kier alpha value is -4.92. The zero-order chi connectivity index (χ0) is 42.7. The lowest BCUT2D eigenvalue weighted by Crippen LogP contribution is -2.56. The summed E-state index contributed by atoms with van der Waals surface area (Å²) in [7, 11) is 0. The van der Waals surface area contributed by atoms with Crippen molar-refractivity contribution in [2.45, 2.75) is 62.6 Å². The fraction of sp³-hybridized carbons (Fsp3) is 0.417. The van der Waals surface area contributed by atoms with Gasteiger partial charge in [-0.1, -0.05) is 98.6 Å². The molecular weight excluding hydrogens is 916 g/mol. The molecule has 5 amide bonds. The second-order valence-electron chi connectivity index (χ2n) is 17.0. The SMILES string of the molecule is O=C(OCC1c2ccccc2-c2ccccc21)N1CCN(C2CCN(C(=O)[C@@H](Cc3cc(Br)cc(Br)c3)OC(=O)N3CCC(N4CCc5ccccc5NC4=O)CC3)CC2)CC1. The van der Waals surface area contributed by atoms with Gasteiger partial charge >= 0.3 is 18.2 Å². The maximum Gasteiger partial charge on any atom is 0.410 e. The average Bonchev–Trinajstić information content (AvgIpc) is 3.50. The van der Waals surface area contributed by atoms with E-state index in [2.05, 4.69) is 78.5 Å². The summed E-state index contributed by atoms with van der Waals surface area (Å²) in [4.78, 5) is 64.2. The quantitative estimate of drug-likeness (QED) is 0.189. The fourth-order valence-electron chi connectivity index (χ4n) is 10.0. The average molecular weight is 969 g/mol. The first kappa shape index (κ1) is 42.4. The Labute approximate surface area is 379 Å². The van der Waals surface area contributed by atoms with Crippen LogP contribution in [0, 0.1) is 0 Å². The fourth-order valence-corrected chi connectivity index (χ4v) is 11.4. The van der Waals surface area contributed by atoms with Gasteiger partial charge in [-0.05, 0) is 89.8 Å². The van der Waals surface area contributed by atoms with Crippen molar-refractivity contribution in [3.05, 3.63) is 122 Å². The number of hydrogen-bond donors (Lipinski definition) is 1. The number of piperazine rings is 1. The van der Waals surface area contributed by atoms with Crippen LogP contribution >= 0.6 is 31.9 Å². The lowest BCUT2D eigenvalue weighted by atomic mass is 9.98. The van der Waals surface area contributed by atoms with E-state index in [4.69, 9.17) is 9.47 Å². The number of amides is 5. The maximum absolute atomic E-state index is 14.3. The maximum atomic E-state index is 14.3. The van der Waals surface area contributed by atoms with Gasteiger partial charge in [0.25, 0.3) is 5.91 Å². The van der Waals surface area contributed by atoms with Crippen molar-refractivity contribution in [1.29, 1.82) is 0 Å². The first-order valence-corrected chi connectivity index (χ1v) is 23.5. The molecule has 1 atom stereocenters. The van der Waals surface area contributed by atoms with Crippen molar-refractivity contribution < 1.29 is 28.7 Å². The molecule has 1 aliphatic carbocycles. The molecule has 14 heteroatoms. The zero-order valence-electron chi connectivity index (χ0n) is 34.7. The second-order valence-corrected chi connectivity index (χ2v) is 18.8. The summed E-state index contributed by atoms with van der Waals surface area (Å²) in [6.45, 7) is 5.57. The van der Waals surface area contributed by atoms with Gasteiger partial charge in [0.1, 0.15) is 6.61 Å². The van der Waals surface area contributed by atoms with Crippen LogP contribution in [0.4, 0.5) is 20.1 Å². The summed E-state index contributed by atoms with van der Waals surface area (Å²) >= 11 is 7.13. The van der Waals surface area contributed by atoms with E-state index in [9.17, 15) is 19.2 Å². The summed E-state index contributed by atoms with van der Waals surface area (Å²) in [5.41, 5.74) is 7.65. The van der Waals surface area contributed by atoms with E-state index in [0.29, 0.717) is 65.3 Å². The van der Waals surface area contributed by atoms with Crippen LogP contribution in [-0.4, -0.2) is 132 Å². The molecule has 9 rings (SSSR count).